The van der Waals surface area contributed by atoms with Gasteiger partial charge in [0.1, 0.15) is 0 Å². The van der Waals surface area contributed by atoms with E-state index in [4.69, 9.17) is 4.74 Å². The SMILES string of the molecule is CC=CC(=O)OCCCCC[SiH2]C(Br)Br. The van der Waals surface area contributed by atoms with Crippen molar-refractivity contribution in [3.8, 4) is 0 Å². The fraction of sp³-hybridized carbons (Fsp3) is 0.700. The molecule has 88 valence electrons. The predicted octanol–water partition coefficient (Wildman–Crippen LogP) is 2.94. The predicted molar refractivity (Wildman–Crippen MR) is 74.6 cm³/mol. The van der Waals surface area contributed by atoms with E-state index in [0.29, 0.717) is 9.97 Å². The Morgan fingerprint density at radius 3 is 2.73 bits per heavy atom. The third-order valence-electron chi connectivity index (χ3n) is 1.86. The lowest BCUT2D eigenvalue weighted by Crippen LogP contribution is -2.03. The summed E-state index contributed by atoms with van der Waals surface area (Å²) in [5.41, 5.74) is 0. The Kier molecular flexibility index (Phi) is 11.2. The van der Waals surface area contributed by atoms with Gasteiger partial charge in [-0.15, -0.1) is 0 Å². The van der Waals surface area contributed by atoms with Crippen LogP contribution in [0.2, 0.25) is 6.04 Å². The molecule has 0 fully saturated rings. The zero-order chi connectivity index (χ0) is 11.5. The first-order valence-corrected chi connectivity index (χ1v) is 8.89. The zero-order valence-electron chi connectivity index (χ0n) is 9.05. The molecule has 0 spiro atoms. The van der Waals surface area contributed by atoms with E-state index in [1.165, 1.54) is 18.5 Å². The highest BCUT2D eigenvalue weighted by Gasteiger charge is 1.99. The summed E-state index contributed by atoms with van der Waals surface area (Å²) in [4.78, 5) is 10.9. The summed E-state index contributed by atoms with van der Waals surface area (Å²) < 4.78 is 5.54. The summed E-state index contributed by atoms with van der Waals surface area (Å²) in [7, 11) is 0.00248. The summed E-state index contributed by atoms with van der Waals surface area (Å²) in [5, 5.41) is 0. The van der Waals surface area contributed by atoms with E-state index >= 15 is 0 Å². The molecule has 0 unspecified atom stereocenters. The van der Waals surface area contributed by atoms with Crippen molar-refractivity contribution in [3.05, 3.63) is 12.2 Å². The van der Waals surface area contributed by atoms with E-state index < -0.39 is 0 Å². The number of alkyl halides is 2. The molecule has 0 saturated carbocycles. The molecule has 0 amide bonds. The first-order valence-electron chi connectivity index (χ1n) is 5.24. The van der Waals surface area contributed by atoms with E-state index in [9.17, 15) is 4.79 Å². The first-order chi connectivity index (χ1) is 7.16. The number of hydrogen-bond donors (Lipinski definition) is 0. The van der Waals surface area contributed by atoms with Crippen LogP contribution in [-0.4, -0.2) is 25.5 Å². The molecule has 0 saturated heterocycles. The average Bonchev–Trinajstić information content (AvgIpc) is 2.16. The van der Waals surface area contributed by atoms with Crippen molar-refractivity contribution < 1.29 is 9.53 Å². The van der Waals surface area contributed by atoms with Crippen molar-refractivity contribution in [2.45, 2.75) is 35.6 Å². The lowest BCUT2D eigenvalue weighted by atomic mass is 10.3. The second kappa shape index (κ2) is 10.9. The molecule has 0 aromatic rings. The molecule has 0 bridgehead atoms. The van der Waals surface area contributed by atoms with Gasteiger partial charge in [0.2, 0.25) is 0 Å². The van der Waals surface area contributed by atoms with Gasteiger partial charge in [-0.1, -0.05) is 56.8 Å². The summed E-state index contributed by atoms with van der Waals surface area (Å²) in [6.45, 7) is 2.36. The fourth-order valence-electron chi connectivity index (χ4n) is 1.11. The van der Waals surface area contributed by atoms with Gasteiger partial charge in [-0.05, 0) is 13.3 Å². The molecule has 0 heterocycles. The van der Waals surface area contributed by atoms with Crippen LogP contribution in [0.4, 0.5) is 0 Å². The highest BCUT2D eigenvalue weighted by molar-refractivity contribution is 9.25. The molecule has 15 heavy (non-hydrogen) atoms. The Balaban J connectivity index is 3.15. The Bertz CT molecular complexity index is 196. The van der Waals surface area contributed by atoms with Gasteiger partial charge in [0.15, 0.2) is 0 Å². The van der Waals surface area contributed by atoms with Gasteiger partial charge in [-0.25, -0.2) is 4.79 Å². The maximum Gasteiger partial charge on any atom is 0.330 e. The van der Waals surface area contributed by atoms with Gasteiger partial charge in [0.05, 0.1) is 9.97 Å². The Morgan fingerprint density at radius 1 is 1.40 bits per heavy atom. The number of halogens is 2. The van der Waals surface area contributed by atoms with Crippen LogP contribution < -0.4 is 0 Å². The van der Waals surface area contributed by atoms with Crippen LogP contribution in [0.1, 0.15) is 26.2 Å². The van der Waals surface area contributed by atoms with Crippen molar-refractivity contribution in [3.63, 3.8) is 0 Å². The zero-order valence-corrected chi connectivity index (χ0v) is 13.6. The standard InChI is InChI=1S/C10H18Br2O2Si/c1-2-6-9(13)14-7-4-3-5-8-15-10(11)12/h2,6,10H,3-5,7-8,15H2,1H3. The number of carbonyl (C=O) groups is 1. The third kappa shape index (κ3) is 12.3. The van der Waals surface area contributed by atoms with Crippen LogP contribution in [0, 0.1) is 0 Å². The van der Waals surface area contributed by atoms with Crippen LogP contribution in [0.3, 0.4) is 0 Å². The van der Waals surface area contributed by atoms with Crippen molar-refractivity contribution in [1.82, 2.24) is 0 Å². The normalized spacial score (nSPS) is 12.0. The topological polar surface area (TPSA) is 26.3 Å². The Morgan fingerprint density at radius 2 is 2.13 bits per heavy atom. The molecule has 0 aliphatic carbocycles. The first kappa shape index (κ1) is 15.4. The molecule has 0 atom stereocenters. The maximum atomic E-state index is 10.9. The summed E-state index contributed by atoms with van der Waals surface area (Å²) in [5.74, 6) is -0.229. The molecule has 0 aromatic carbocycles. The molecular formula is C10H18Br2O2Si. The number of unbranched alkanes of at least 4 members (excludes halogenated alkanes) is 2. The minimum Gasteiger partial charge on any atom is -0.463 e. The Hall–Kier alpha value is 0.387. The van der Waals surface area contributed by atoms with E-state index in [-0.39, 0.29) is 15.5 Å². The molecule has 0 rings (SSSR count). The number of hydrogen-bond acceptors (Lipinski definition) is 2. The summed E-state index contributed by atoms with van der Waals surface area (Å²) in [6, 6.07) is 1.34. The largest absolute Gasteiger partial charge is 0.463 e. The minimum absolute atomic E-state index is 0.00248. The van der Waals surface area contributed by atoms with Gasteiger partial charge in [-0.3, -0.25) is 0 Å². The number of rotatable bonds is 8. The average molecular weight is 358 g/mol. The van der Waals surface area contributed by atoms with Crippen LogP contribution in [-0.2, 0) is 9.53 Å². The maximum absolute atomic E-state index is 10.9. The smallest absolute Gasteiger partial charge is 0.330 e. The van der Waals surface area contributed by atoms with E-state index in [2.05, 4.69) is 31.9 Å². The second-order valence-corrected chi connectivity index (χ2v) is 11.2. The van der Waals surface area contributed by atoms with E-state index in [1.54, 1.807) is 6.08 Å². The number of ether oxygens (including phenoxy) is 1. The molecule has 0 aromatic heterocycles. The van der Waals surface area contributed by atoms with E-state index in [0.717, 1.165) is 12.8 Å². The third-order valence-corrected chi connectivity index (χ3v) is 5.96. The van der Waals surface area contributed by atoms with Crippen molar-refractivity contribution >= 4 is 47.3 Å². The molecule has 5 heteroatoms. The van der Waals surface area contributed by atoms with Gasteiger partial charge in [0.25, 0.3) is 0 Å². The number of allylic oxidation sites excluding steroid dienone is 1. The van der Waals surface area contributed by atoms with Crippen LogP contribution in [0.5, 0.6) is 0 Å². The fourth-order valence-corrected chi connectivity index (χ4v) is 4.00. The summed E-state index contributed by atoms with van der Waals surface area (Å²) >= 11 is 6.99. The van der Waals surface area contributed by atoms with Crippen molar-refractivity contribution in [2.75, 3.05) is 6.61 Å². The minimum atomic E-state index is -0.229. The summed E-state index contributed by atoms with van der Waals surface area (Å²) in [6.07, 6.45) is 6.53. The molecule has 0 radical (unpaired) electrons. The van der Waals surface area contributed by atoms with Crippen LogP contribution in [0.25, 0.3) is 0 Å². The molecule has 0 N–H and O–H groups in total. The monoisotopic (exact) mass is 356 g/mol. The Labute approximate surface area is 111 Å². The van der Waals surface area contributed by atoms with E-state index in [1.807, 2.05) is 6.92 Å². The lowest BCUT2D eigenvalue weighted by Gasteiger charge is -2.02. The molecular weight excluding hydrogens is 340 g/mol. The molecule has 0 aliphatic rings. The quantitative estimate of drug-likeness (QED) is 0.219. The number of carbonyl (C=O) groups excluding carboxylic acids is 1. The van der Waals surface area contributed by atoms with Gasteiger partial charge in [0, 0.05) is 15.6 Å². The second-order valence-electron chi connectivity index (χ2n) is 3.26. The highest BCUT2D eigenvalue weighted by atomic mass is 79.9. The molecule has 2 nitrogen and oxygen atoms in total. The van der Waals surface area contributed by atoms with Gasteiger partial charge >= 0.3 is 5.97 Å². The van der Waals surface area contributed by atoms with Gasteiger partial charge < -0.3 is 4.74 Å². The van der Waals surface area contributed by atoms with Crippen LogP contribution >= 0.6 is 31.9 Å². The number of esters is 1. The highest BCUT2D eigenvalue weighted by Crippen LogP contribution is 2.10. The van der Waals surface area contributed by atoms with Crippen molar-refractivity contribution in [2.24, 2.45) is 0 Å². The lowest BCUT2D eigenvalue weighted by molar-refractivity contribution is -0.137. The van der Waals surface area contributed by atoms with Gasteiger partial charge in [-0.2, -0.15) is 0 Å². The van der Waals surface area contributed by atoms with Crippen molar-refractivity contribution in [1.29, 1.82) is 0 Å². The van der Waals surface area contributed by atoms with Crippen LogP contribution in [0.15, 0.2) is 12.2 Å². The molecule has 0 aliphatic heterocycles.